The minimum absolute atomic E-state index is 0.158. The largest absolute Gasteiger partial charge is 0.433 e. The molecule has 1 spiro atoms. The molecule has 0 saturated carbocycles. The molecule has 2 saturated heterocycles. The van der Waals surface area contributed by atoms with Crippen LogP contribution in [0, 0.1) is 5.41 Å². The standard InChI is InChI=1S/C20H18F5N7O/c21-15(22)10-32-17-13(8-28-32)27-9-16(29-17)31-6-3-19(18(31)33)2-5-30(11-19)12-1-4-26-14(7-12)20(23,24)25/h1,4,7-9,15H,2-3,5-6,10-11H2. The number of carbonyl (C=O) groups is 1. The lowest BCUT2D eigenvalue weighted by molar-refractivity contribution is -0.141. The number of halogens is 5. The molecule has 2 aliphatic heterocycles. The van der Waals surface area contributed by atoms with Gasteiger partial charge in [0.25, 0.3) is 6.43 Å². The number of aromatic nitrogens is 5. The zero-order valence-corrected chi connectivity index (χ0v) is 17.1. The lowest BCUT2D eigenvalue weighted by atomic mass is 9.85. The van der Waals surface area contributed by atoms with Gasteiger partial charge in [-0.3, -0.25) is 14.7 Å². The minimum atomic E-state index is -4.55. The van der Waals surface area contributed by atoms with Crippen LogP contribution in [-0.4, -0.2) is 56.7 Å². The highest BCUT2D eigenvalue weighted by Crippen LogP contribution is 2.43. The molecule has 2 fully saturated rings. The van der Waals surface area contributed by atoms with Gasteiger partial charge in [0.15, 0.2) is 11.5 Å². The summed E-state index contributed by atoms with van der Waals surface area (Å²) in [4.78, 5) is 28.5. The van der Waals surface area contributed by atoms with Crippen molar-refractivity contribution in [3.8, 4) is 0 Å². The number of nitrogens with zero attached hydrogens (tertiary/aromatic N) is 7. The number of hydrogen-bond donors (Lipinski definition) is 0. The Kier molecular flexibility index (Phi) is 4.94. The van der Waals surface area contributed by atoms with Crippen molar-refractivity contribution in [1.29, 1.82) is 0 Å². The summed E-state index contributed by atoms with van der Waals surface area (Å²) >= 11 is 0. The van der Waals surface area contributed by atoms with E-state index in [1.54, 1.807) is 4.90 Å². The van der Waals surface area contributed by atoms with Gasteiger partial charge in [0.2, 0.25) is 5.91 Å². The Hall–Kier alpha value is -3.38. The predicted molar refractivity (Wildman–Crippen MR) is 107 cm³/mol. The molecule has 174 valence electrons. The van der Waals surface area contributed by atoms with E-state index in [0.717, 1.165) is 16.9 Å². The van der Waals surface area contributed by atoms with E-state index in [4.69, 9.17) is 0 Å². The molecule has 1 amide bonds. The van der Waals surface area contributed by atoms with E-state index in [2.05, 4.69) is 20.1 Å². The van der Waals surface area contributed by atoms with Crippen molar-refractivity contribution >= 4 is 28.6 Å². The van der Waals surface area contributed by atoms with Crippen LogP contribution in [0.1, 0.15) is 18.5 Å². The Balaban J connectivity index is 1.38. The molecule has 0 radical (unpaired) electrons. The zero-order valence-electron chi connectivity index (χ0n) is 17.1. The number of hydrogen-bond acceptors (Lipinski definition) is 6. The third-order valence-electron chi connectivity index (χ3n) is 6.19. The average Bonchev–Trinajstić information content (AvgIpc) is 3.46. The Morgan fingerprint density at radius 1 is 1.12 bits per heavy atom. The summed E-state index contributed by atoms with van der Waals surface area (Å²) in [5.41, 5.74) is -0.888. The fourth-order valence-electron chi connectivity index (χ4n) is 4.52. The van der Waals surface area contributed by atoms with Crippen LogP contribution in [0.4, 0.5) is 33.5 Å². The van der Waals surface area contributed by atoms with Crippen molar-refractivity contribution in [2.45, 2.75) is 32.0 Å². The van der Waals surface area contributed by atoms with Crippen LogP contribution in [0.2, 0.25) is 0 Å². The topological polar surface area (TPSA) is 80.0 Å². The first-order valence-corrected chi connectivity index (χ1v) is 10.2. The molecule has 1 atom stereocenters. The third-order valence-corrected chi connectivity index (χ3v) is 6.19. The van der Waals surface area contributed by atoms with Crippen molar-refractivity contribution in [1.82, 2.24) is 24.7 Å². The van der Waals surface area contributed by atoms with Gasteiger partial charge in [-0.1, -0.05) is 0 Å². The van der Waals surface area contributed by atoms with E-state index in [1.807, 2.05) is 0 Å². The fourth-order valence-corrected chi connectivity index (χ4v) is 4.52. The number of alkyl halides is 5. The quantitative estimate of drug-likeness (QED) is 0.549. The maximum atomic E-state index is 13.4. The Labute approximate surface area is 184 Å². The van der Waals surface area contributed by atoms with Crippen LogP contribution in [0.25, 0.3) is 11.2 Å². The lowest BCUT2D eigenvalue weighted by Gasteiger charge is -2.24. The van der Waals surface area contributed by atoms with E-state index in [0.29, 0.717) is 37.1 Å². The summed E-state index contributed by atoms with van der Waals surface area (Å²) in [5.74, 6) is 0.0331. The fraction of sp³-hybridized carbons (Fsp3) is 0.450. The maximum Gasteiger partial charge on any atom is 0.433 e. The molecule has 33 heavy (non-hydrogen) atoms. The van der Waals surface area contributed by atoms with Gasteiger partial charge < -0.3 is 4.90 Å². The first-order valence-electron chi connectivity index (χ1n) is 10.2. The predicted octanol–water partition coefficient (Wildman–Crippen LogP) is 3.14. The van der Waals surface area contributed by atoms with Crippen LogP contribution in [0.5, 0.6) is 0 Å². The number of anilines is 2. The molecule has 2 aliphatic rings. The maximum absolute atomic E-state index is 13.4. The molecular weight excluding hydrogens is 449 g/mol. The van der Waals surface area contributed by atoms with Crippen LogP contribution >= 0.6 is 0 Å². The molecule has 5 rings (SSSR count). The molecule has 0 aromatic carbocycles. The molecule has 0 N–H and O–H groups in total. The number of carbonyl (C=O) groups excluding carboxylic acids is 1. The summed E-state index contributed by atoms with van der Waals surface area (Å²) in [6, 6.07) is 2.48. The van der Waals surface area contributed by atoms with Crippen molar-refractivity contribution < 1.29 is 26.7 Å². The summed E-state index contributed by atoms with van der Waals surface area (Å²) < 4.78 is 65.8. The van der Waals surface area contributed by atoms with Crippen LogP contribution < -0.4 is 9.80 Å². The molecular formula is C20H18F5N7O. The van der Waals surface area contributed by atoms with Crippen molar-refractivity contribution in [2.24, 2.45) is 5.41 Å². The number of pyridine rings is 1. The van der Waals surface area contributed by atoms with Crippen molar-refractivity contribution in [3.05, 3.63) is 36.4 Å². The Morgan fingerprint density at radius 2 is 1.91 bits per heavy atom. The summed E-state index contributed by atoms with van der Waals surface area (Å²) in [6.45, 7) is 0.399. The molecule has 13 heteroatoms. The van der Waals surface area contributed by atoms with Crippen molar-refractivity contribution in [2.75, 3.05) is 29.4 Å². The lowest BCUT2D eigenvalue weighted by Crippen LogP contribution is -2.37. The van der Waals surface area contributed by atoms with Gasteiger partial charge in [0.1, 0.15) is 17.8 Å². The molecule has 5 heterocycles. The number of rotatable bonds is 4. The Morgan fingerprint density at radius 3 is 2.67 bits per heavy atom. The molecule has 3 aromatic heterocycles. The molecule has 0 bridgehead atoms. The highest BCUT2D eigenvalue weighted by atomic mass is 19.4. The van der Waals surface area contributed by atoms with E-state index in [1.165, 1.54) is 23.4 Å². The first kappa shape index (κ1) is 21.5. The normalized spacial score (nSPS) is 21.3. The van der Waals surface area contributed by atoms with E-state index in [9.17, 15) is 26.7 Å². The average molecular weight is 467 g/mol. The second kappa shape index (κ2) is 7.59. The van der Waals surface area contributed by atoms with Crippen LogP contribution in [-0.2, 0) is 17.5 Å². The van der Waals surface area contributed by atoms with Gasteiger partial charge in [-0.15, -0.1) is 0 Å². The second-order valence-corrected chi connectivity index (χ2v) is 8.21. The van der Waals surface area contributed by atoms with Gasteiger partial charge >= 0.3 is 6.18 Å². The van der Waals surface area contributed by atoms with E-state index < -0.39 is 30.3 Å². The second-order valence-electron chi connectivity index (χ2n) is 8.21. The van der Waals surface area contributed by atoms with Gasteiger partial charge in [-0.25, -0.2) is 23.4 Å². The zero-order chi connectivity index (χ0) is 23.4. The molecule has 3 aromatic rings. The molecule has 8 nitrogen and oxygen atoms in total. The van der Waals surface area contributed by atoms with Gasteiger partial charge in [0.05, 0.1) is 17.8 Å². The molecule has 0 aliphatic carbocycles. The third kappa shape index (κ3) is 3.74. The highest BCUT2D eigenvalue weighted by molar-refractivity contribution is 6.00. The van der Waals surface area contributed by atoms with E-state index >= 15 is 0 Å². The number of amides is 1. The summed E-state index contributed by atoms with van der Waals surface area (Å²) in [5, 5.41) is 3.88. The summed E-state index contributed by atoms with van der Waals surface area (Å²) in [7, 11) is 0. The van der Waals surface area contributed by atoms with Crippen LogP contribution in [0.3, 0.4) is 0 Å². The monoisotopic (exact) mass is 467 g/mol. The smallest absolute Gasteiger partial charge is 0.370 e. The Bertz CT molecular complexity index is 1210. The summed E-state index contributed by atoms with van der Waals surface area (Å²) in [6.07, 6.45) is -2.35. The first-order chi connectivity index (χ1) is 15.7. The van der Waals surface area contributed by atoms with E-state index in [-0.39, 0.29) is 23.9 Å². The van der Waals surface area contributed by atoms with Crippen molar-refractivity contribution in [3.63, 3.8) is 0 Å². The SMILES string of the molecule is O=C1N(c2cnc3cnn(CC(F)F)c3n2)CCC12CCN(c1ccnc(C(F)(F)F)c1)C2. The number of fused-ring (bicyclic) bond motifs is 1. The minimum Gasteiger partial charge on any atom is -0.370 e. The van der Waals surface area contributed by atoms with Gasteiger partial charge in [-0.05, 0) is 25.0 Å². The molecule has 1 unspecified atom stereocenters. The van der Waals surface area contributed by atoms with Gasteiger partial charge in [0, 0.05) is 31.5 Å². The highest BCUT2D eigenvalue weighted by Gasteiger charge is 2.51. The van der Waals surface area contributed by atoms with Gasteiger partial charge in [-0.2, -0.15) is 18.3 Å². The van der Waals surface area contributed by atoms with Crippen LogP contribution in [0.15, 0.2) is 30.7 Å².